The molecule has 0 radical (unpaired) electrons. The predicted octanol–water partition coefficient (Wildman–Crippen LogP) is -0.865. The second kappa shape index (κ2) is 11.4. The number of hydrazone groups is 1. The van der Waals surface area contributed by atoms with E-state index in [-0.39, 0.29) is 18.9 Å². The molecule has 1 heterocycles. The van der Waals surface area contributed by atoms with Crippen LogP contribution in [0.2, 0.25) is 0 Å². The van der Waals surface area contributed by atoms with Crippen LogP contribution in [0.15, 0.2) is 46.7 Å². The topological polar surface area (TPSA) is 219 Å². The van der Waals surface area contributed by atoms with Gasteiger partial charge in [-0.2, -0.15) is 0 Å². The Morgan fingerprint density at radius 3 is 2.88 bits per heavy atom. The van der Waals surface area contributed by atoms with Crippen LogP contribution in [0.1, 0.15) is 5.56 Å². The number of H-pyrrole nitrogens is 1. The number of nitrogens with one attached hydrogen (secondary N) is 3. The van der Waals surface area contributed by atoms with Gasteiger partial charge in [-0.05, 0) is 17.7 Å². The molecule has 2 unspecified atom stereocenters. The summed E-state index contributed by atoms with van der Waals surface area (Å²) in [6.45, 7) is 0.0395. The van der Waals surface area contributed by atoms with Crippen molar-refractivity contribution in [2.45, 2.75) is 11.0 Å². The molecule has 0 saturated carbocycles. The van der Waals surface area contributed by atoms with Crippen molar-refractivity contribution < 1.29 is 13.6 Å². The summed E-state index contributed by atoms with van der Waals surface area (Å²) in [6, 6.07) is 9.09. The van der Waals surface area contributed by atoms with Crippen molar-refractivity contribution in [3.8, 4) is 11.1 Å². The molecule has 15 heteroatoms. The fourth-order valence-corrected chi connectivity index (χ4v) is 4.82. The van der Waals surface area contributed by atoms with E-state index in [1.807, 2.05) is 18.2 Å². The predicted molar refractivity (Wildman–Crippen MR) is 130 cm³/mol. The molecule has 12 N–H and O–H groups in total. The molecule has 0 aliphatic heterocycles. The number of benzene rings is 2. The monoisotopic (exact) mass is 494 g/mol. The number of aliphatic hydroxyl groups is 1. The number of nitrogens with zero attached hydrogens (tertiary/aromatic N) is 3. The van der Waals surface area contributed by atoms with Crippen LogP contribution in [0.25, 0.3) is 22.2 Å². The molecule has 33 heavy (non-hydrogen) atoms. The van der Waals surface area contributed by atoms with Gasteiger partial charge in [0.05, 0.1) is 39.6 Å². The number of rotatable bonds is 11. The highest BCUT2D eigenvalue weighted by Gasteiger charge is 2.26. The van der Waals surface area contributed by atoms with E-state index in [2.05, 4.69) is 25.3 Å². The molecule has 2 aromatic carbocycles. The summed E-state index contributed by atoms with van der Waals surface area (Å²) in [5, 5.41) is 13.7. The SMILES string of the molecule is CN(SON)c1c(S(=O)NCC(O)CN)ccc(-c2cccc3[nH]cnc23)c1/C(N)=N/NN. The molecule has 13 nitrogen and oxygen atoms in total. The molecule has 2 atom stereocenters. The van der Waals surface area contributed by atoms with Crippen LogP contribution in [-0.2, 0) is 15.3 Å². The fraction of sp³-hybridized carbons (Fsp3) is 0.222. The lowest BCUT2D eigenvalue weighted by Gasteiger charge is -2.24. The van der Waals surface area contributed by atoms with E-state index in [1.54, 1.807) is 29.8 Å². The lowest BCUT2D eigenvalue weighted by molar-refractivity contribution is 0.187. The molecule has 0 aliphatic rings. The van der Waals surface area contributed by atoms with Crippen LogP contribution >= 0.6 is 12.2 Å². The van der Waals surface area contributed by atoms with Crippen LogP contribution in [0.3, 0.4) is 0 Å². The van der Waals surface area contributed by atoms with Gasteiger partial charge in [-0.25, -0.2) is 35.5 Å². The Balaban J connectivity index is 2.27. The third-order valence-corrected chi connectivity index (χ3v) is 6.36. The van der Waals surface area contributed by atoms with Gasteiger partial charge in [-0.1, -0.05) is 18.2 Å². The highest BCUT2D eigenvalue weighted by Crippen LogP contribution is 2.39. The maximum atomic E-state index is 13.1. The van der Waals surface area contributed by atoms with Gasteiger partial charge in [-0.3, -0.25) is 4.31 Å². The number of imidazole rings is 1. The van der Waals surface area contributed by atoms with Crippen LogP contribution in [0.4, 0.5) is 5.69 Å². The Hall–Kier alpha value is -2.76. The molecule has 3 rings (SSSR count). The number of hydrogen-bond donors (Lipinski definition) is 8. The van der Waals surface area contributed by atoms with Crippen molar-refractivity contribution in [3.05, 3.63) is 42.2 Å². The molecule has 0 spiro atoms. The van der Waals surface area contributed by atoms with Gasteiger partial charge in [0.25, 0.3) is 0 Å². The Kier molecular flexibility index (Phi) is 8.59. The third kappa shape index (κ3) is 5.43. The third-order valence-electron chi connectivity index (χ3n) is 4.71. The van der Waals surface area contributed by atoms with Crippen molar-refractivity contribution in [1.82, 2.24) is 20.2 Å². The average molecular weight is 495 g/mol. The van der Waals surface area contributed by atoms with E-state index in [1.165, 1.54) is 0 Å². The quantitative estimate of drug-likeness (QED) is 0.0409. The van der Waals surface area contributed by atoms with E-state index in [4.69, 9.17) is 27.5 Å². The van der Waals surface area contributed by atoms with Crippen molar-refractivity contribution >= 4 is 45.8 Å². The number of hydrazine groups is 1. The van der Waals surface area contributed by atoms with E-state index >= 15 is 0 Å². The number of nitrogens with two attached hydrogens (primary N) is 4. The van der Waals surface area contributed by atoms with E-state index in [9.17, 15) is 9.32 Å². The summed E-state index contributed by atoms with van der Waals surface area (Å²) in [5.41, 5.74) is 17.7. The van der Waals surface area contributed by atoms with E-state index in [0.29, 0.717) is 27.2 Å². The lowest BCUT2D eigenvalue weighted by Crippen LogP contribution is -2.34. The average Bonchev–Trinajstić information content (AvgIpc) is 3.30. The Bertz CT molecular complexity index is 1160. The second-order valence-electron chi connectivity index (χ2n) is 6.74. The smallest absolute Gasteiger partial charge is 0.154 e. The Labute approximate surface area is 196 Å². The molecule has 1 aromatic heterocycles. The molecular formula is C18H26N10O3S2. The molecule has 0 saturated heterocycles. The molecule has 0 aliphatic carbocycles. The van der Waals surface area contributed by atoms with Gasteiger partial charge in [0, 0.05) is 25.7 Å². The maximum absolute atomic E-state index is 13.1. The molecule has 0 bridgehead atoms. The first-order valence-electron chi connectivity index (χ1n) is 9.62. The van der Waals surface area contributed by atoms with Gasteiger partial charge in [0.1, 0.15) is 23.2 Å². The van der Waals surface area contributed by atoms with Gasteiger partial charge in [0.2, 0.25) is 0 Å². The number of aromatic nitrogens is 2. The largest absolute Gasteiger partial charge is 0.390 e. The zero-order valence-electron chi connectivity index (χ0n) is 17.7. The lowest BCUT2D eigenvalue weighted by atomic mass is 9.96. The molecule has 0 fully saturated rings. The fourth-order valence-electron chi connectivity index (χ4n) is 3.26. The number of para-hydroxylation sites is 1. The highest BCUT2D eigenvalue weighted by atomic mass is 32.2. The zero-order chi connectivity index (χ0) is 24.0. The van der Waals surface area contributed by atoms with Crippen LogP contribution in [0.5, 0.6) is 0 Å². The number of anilines is 1. The summed E-state index contributed by atoms with van der Waals surface area (Å²) in [6.07, 6.45) is 0.731. The highest BCUT2D eigenvalue weighted by molar-refractivity contribution is 7.96. The summed E-state index contributed by atoms with van der Waals surface area (Å²) in [4.78, 5) is 7.83. The van der Waals surface area contributed by atoms with Crippen LogP contribution in [-0.4, -0.2) is 51.4 Å². The maximum Gasteiger partial charge on any atom is 0.154 e. The number of aliphatic hydroxyl groups excluding tert-OH is 1. The van der Waals surface area contributed by atoms with E-state index in [0.717, 1.165) is 23.3 Å². The number of aromatic amines is 1. The molecule has 3 aromatic rings. The summed E-state index contributed by atoms with van der Waals surface area (Å²) in [5.74, 6) is 10.7. The molecule has 0 amide bonds. The minimum absolute atomic E-state index is 0.0182. The van der Waals surface area contributed by atoms with E-state index < -0.39 is 17.1 Å². The number of fused-ring (bicyclic) bond motifs is 1. The molecule has 178 valence electrons. The Morgan fingerprint density at radius 1 is 1.39 bits per heavy atom. The Morgan fingerprint density at radius 2 is 2.18 bits per heavy atom. The van der Waals surface area contributed by atoms with Gasteiger partial charge in [-0.15, -0.1) is 5.10 Å². The van der Waals surface area contributed by atoms with Crippen LogP contribution < -0.4 is 37.8 Å². The van der Waals surface area contributed by atoms with Gasteiger partial charge in [0.15, 0.2) is 5.84 Å². The molecular weight excluding hydrogens is 468 g/mol. The first-order valence-corrected chi connectivity index (χ1v) is 11.5. The van der Waals surface area contributed by atoms with Crippen molar-refractivity contribution in [2.24, 2.45) is 28.3 Å². The summed E-state index contributed by atoms with van der Waals surface area (Å²) in [7, 11) is -0.0964. The first-order chi connectivity index (χ1) is 15.9. The van der Waals surface area contributed by atoms with Gasteiger partial charge < -0.3 is 21.6 Å². The standard InChI is InChI=1S/C18H26N10O3S2/c1-28(32-31-22)17-14(33(30)25-8-10(29)7-19)6-5-11(15(17)18(20)26-27-21)12-3-2-4-13-16(12)24-9-23-13/h2-6,9-10,25,27,29H,7-8,19,21-22H2,1H3,(H2,20,26)(H,23,24). The van der Waals surface area contributed by atoms with Gasteiger partial charge >= 0.3 is 0 Å². The summed E-state index contributed by atoms with van der Waals surface area (Å²) >= 11 is 0.799. The number of hydrogen-bond acceptors (Lipinski definition) is 11. The number of amidine groups is 1. The second-order valence-corrected chi connectivity index (χ2v) is 8.90. The normalized spacial score (nSPS) is 13.8. The zero-order valence-corrected chi connectivity index (χ0v) is 19.3. The summed E-state index contributed by atoms with van der Waals surface area (Å²) < 4.78 is 22.2. The first kappa shape index (κ1) is 24.9. The van der Waals surface area contributed by atoms with Crippen molar-refractivity contribution in [3.63, 3.8) is 0 Å². The van der Waals surface area contributed by atoms with Crippen LogP contribution in [0, 0.1) is 0 Å². The van der Waals surface area contributed by atoms with Crippen molar-refractivity contribution in [1.29, 1.82) is 0 Å². The minimum Gasteiger partial charge on any atom is -0.390 e. The minimum atomic E-state index is -1.76. The van der Waals surface area contributed by atoms with Crippen molar-refractivity contribution in [2.75, 3.05) is 24.4 Å².